The number of nitrogens with zero attached hydrogens (tertiary/aromatic N) is 1. The van der Waals surface area contributed by atoms with E-state index in [-0.39, 0.29) is 35.6 Å². The minimum Gasteiger partial charge on any atom is -0.352 e. The van der Waals surface area contributed by atoms with Crippen LogP contribution in [0.15, 0.2) is 54.6 Å². The van der Waals surface area contributed by atoms with Crippen LogP contribution < -0.4 is 16.0 Å². The average molecular weight is 567 g/mol. The highest BCUT2D eigenvalue weighted by molar-refractivity contribution is 5.93. The van der Waals surface area contributed by atoms with Gasteiger partial charge in [0.2, 0.25) is 23.6 Å². The van der Waals surface area contributed by atoms with Crippen LogP contribution in [0.4, 0.5) is 0 Å². The van der Waals surface area contributed by atoms with Crippen LogP contribution in [0.25, 0.3) is 0 Å². The van der Waals surface area contributed by atoms with Crippen LogP contribution in [-0.2, 0) is 25.6 Å². The van der Waals surface area contributed by atoms with E-state index in [1.165, 1.54) is 36.7 Å². The van der Waals surface area contributed by atoms with Gasteiger partial charge in [0.1, 0.15) is 12.1 Å². The van der Waals surface area contributed by atoms with E-state index in [2.05, 4.69) is 22.9 Å². The number of carbonyl (C=O) groups is 4. The monoisotopic (exact) mass is 566 g/mol. The summed E-state index contributed by atoms with van der Waals surface area (Å²) in [7, 11) is 1.68. The van der Waals surface area contributed by atoms with Gasteiger partial charge in [-0.1, -0.05) is 108 Å². The third kappa shape index (κ3) is 12.7. The summed E-state index contributed by atoms with van der Waals surface area (Å²) in [5, 5.41) is 8.66. The van der Waals surface area contributed by atoms with Crippen molar-refractivity contribution < 1.29 is 19.2 Å². The van der Waals surface area contributed by atoms with Gasteiger partial charge < -0.3 is 20.9 Å². The normalized spacial score (nSPS) is 20.1. The van der Waals surface area contributed by atoms with Crippen molar-refractivity contribution in [1.29, 1.82) is 0 Å². The summed E-state index contributed by atoms with van der Waals surface area (Å²) < 4.78 is 0. The second kappa shape index (κ2) is 18.8. The van der Waals surface area contributed by atoms with Crippen LogP contribution in [0, 0.1) is 5.92 Å². The summed E-state index contributed by atoms with van der Waals surface area (Å²) >= 11 is 0. The van der Waals surface area contributed by atoms with E-state index < -0.39 is 12.1 Å². The summed E-state index contributed by atoms with van der Waals surface area (Å²) in [5.74, 6) is -1.00. The van der Waals surface area contributed by atoms with Crippen LogP contribution in [0.5, 0.6) is 0 Å². The van der Waals surface area contributed by atoms with Gasteiger partial charge in [0.05, 0.1) is 0 Å². The van der Waals surface area contributed by atoms with Crippen LogP contribution in [-0.4, -0.2) is 60.2 Å². The van der Waals surface area contributed by atoms with E-state index in [0.29, 0.717) is 25.8 Å². The first-order valence-electron chi connectivity index (χ1n) is 15.3. The Morgan fingerprint density at radius 1 is 1.00 bits per heavy atom. The van der Waals surface area contributed by atoms with Crippen molar-refractivity contribution in [1.82, 2.24) is 20.9 Å². The summed E-state index contributed by atoms with van der Waals surface area (Å²) in [4.78, 5) is 53.8. The molecule has 3 atom stereocenters. The number of nitrogens with one attached hydrogen (secondary N) is 3. The number of hydrogen-bond acceptors (Lipinski definition) is 4. The molecule has 0 bridgehead atoms. The number of amides is 4. The van der Waals surface area contributed by atoms with Crippen LogP contribution in [0.3, 0.4) is 0 Å². The summed E-state index contributed by atoms with van der Waals surface area (Å²) in [6, 6.07) is 7.53. The van der Waals surface area contributed by atoms with Crippen molar-refractivity contribution in [2.75, 3.05) is 13.6 Å². The van der Waals surface area contributed by atoms with Gasteiger partial charge >= 0.3 is 0 Å². The molecule has 0 unspecified atom stereocenters. The zero-order valence-electron chi connectivity index (χ0n) is 25.4. The van der Waals surface area contributed by atoms with E-state index in [0.717, 1.165) is 24.8 Å². The van der Waals surface area contributed by atoms with Crippen molar-refractivity contribution in [2.45, 2.75) is 103 Å². The second-order valence-corrected chi connectivity index (χ2v) is 11.2. The molecule has 1 aromatic carbocycles. The molecule has 226 valence electrons. The maximum absolute atomic E-state index is 13.7. The van der Waals surface area contributed by atoms with E-state index in [1.807, 2.05) is 44.2 Å². The number of carbonyl (C=O) groups excluding carboxylic acids is 4. The molecule has 1 aromatic rings. The number of likely N-dealkylation sites (N-methyl/N-ethyl adjacent to an activating group) is 1. The van der Waals surface area contributed by atoms with Crippen LogP contribution in [0.2, 0.25) is 0 Å². The van der Waals surface area contributed by atoms with Crippen molar-refractivity contribution in [2.24, 2.45) is 5.92 Å². The maximum atomic E-state index is 13.7. The van der Waals surface area contributed by atoms with Gasteiger partial charge in [0.25, 0.3) is 0 Å². The molecule has 0 radical (unpaired) electrons. The molecule has 1 heterocycles. The smallest absolute Gasteiger partial charge is 0.247 e. The Morgan fingerprint density at radius 3 is 2.37 bits per heavy atom. The zero-order chi connectivity index (χ0) is 30.0. The van der Waals surface area contributed by atoms with Gasteiger partial charge in [-0.05, 0) is 24.3 Å². The molecule has 0 spiro atoms. The molecule has 0 saturated heterocycles. The molecule has 0 fully saturated rings. The van der Waals surface area contributed by atoms with Crippen molar-refractivity contribution in [3.8, 4) is 0 Å². The number of rotatable bonds is 14. The van der Waals surface area contributed by atoms with Gasteiger partial charge in [-0.3, -0.25) is 19.2 Å². The van der Waals surface area contributed by atoms with E-state index in [1.54, 1.807) is 25.3 Å². The highest BCUT2D eigenvalue weighted by Gasteiger charge is 2.30. The minimum atomic E-state index is -0.919. The predicted molar refractivity (Wildman–Crippen MR) is 164 cm³/mol. The number of hydrogen-bond donors (Lipinski definition) is 3. The molecular weight excluding hydrogens is 516 g/mol. The Morgan fingerprint density at radius 2 is 1.68 bits per heavy atom. The molecule has 0 aromatic heterocycles. The third-order valence-electron chi connectivity index (χ3n) is 7.43. The lowest BCUT2D eigenvalue weighted by molar-refractivity contribution is -0.139. The molecule has 8 heteroatoms. The molecule has 41 heavy (non-hydrogen) atoms. The molecule has 4 amide bonds. The first-order chi connectivity index (χ1) is 19.7. The SMILES string of the molecule is CCCCCCCCCC(=O)N(C)[C@@H](Cc1ccccc1)C(=O)N[C@H]1/C=C/CCNC(=O)/C=C/[C@H](C(C)C)NC1=O. The third-order valence-corrected chi connectivity index (χ3v) is 7.43. The molecule has 1 aliphatic heterocycles. The Kier molecular flexibility index (Phi) is 15.5. The first-order valence-corrected chi connectivity index (χ1v) is 15.3. The second-order valence-electron chi connectivity index (χ2n) is 11.2. The van der Waals surface area contributed by atoms with E-state index in [9.17, 15) is 19.2 Å². The first kappa shape index (κ1) is 33.8. The fourth-order valence-corrected chi connectivity index (χ4v) is 4.73. The van der Waals surface area contributed by atoms with E-state index in [4.69, 9.17) is 0 Å². The quantitative estimate of drug-likeness (QED) is 0.228. The van der Waals surface area contributed by atoms with Gasteiger partial charge in [-0.2, -0.15) is 0 Å². The molecule has 3 N–H and O–H groups in total. The molecule has 2 rings (SSSR count). The van der Waals surface area contributed by atoms with E-state index >= 15 is 0 Å². The maximum Gasteiger partial charge on any atom is 0.247 e. The largest absolute Gasteiger partial charge is 0.352 e. The Hall–Kier alpha value is -3.42. The lowest BCUT2D eigenvalue weighted by atomic mass is 10.0. The predicted octanol–water partition coefficient (Wildman–Crippen LogP) is 4.45. The number of benzene rings is 1. The molecule has 1 aliphatic rings. The molecule has 0 saturated carbocycles. The standard InChI is InChI=1S/C33H50N4O4/c1-5-6-7-8-9-10-14-20-31(39)37(4)29(24-26-17-12-11-13-18-26)33(41)36-28-19-15-16-23-34-30(38)22-21-27(25(2)3)35-32(28)40/h11-13,15,17-19,21-22,25,27-29H,5-10,14,16,20,23-24H2,1-4H3,(H,34,38)(H,35,40)(H,36,41)/b19-15+,22-21+/t27-,28+,29+/m1/s1. The summed E-state index contributed by atoms with van der Waals surface area (Å²) in [5.41, 5.74) is 0.933. The Balaban J connectivity index is 2.15. The fourth-order valence-electron chi connectivity index (χ4n) is 4.73. The Labute approximate surface area is 246 Å². The number of unbranched alkanes of at least 4 members (excludes halogenated alkanes) is 6. The zero-order valence-corrected chi connectivity index (χ0v) is 25.4. The van der Waals surface area contributed by atoms with Crippen LogP contribution >= 0.6 is 0 Å². The minimum absolute atomic E-state index is 0.0347. The van der Waals surface area contributed by atoms with Crippen molar-refractivity contribution in [3.05, 3.63) is 60.2 Å². The van der Waals surface area contributed by atoms with Crippen LogP contribution in [0.1, 0.15) is 84.1 Å². The lowest BCUT2D eigenvalue weighted by Gasteiger charge is -2.29. The van der Waals surface area contributed by atoms with Crippen molar-refractivity contribution in [3.63, 3.8) is 0 Å². The van der Waals surface area contributed by atoms with Gasteiger partial charge in [0, 0.05) is 38.6 Å². The highest BCUT2D eigenvalue weighted by atomic mass is 16.2. The topological polar surface area (TPSA) is 108 Å². The average Bonchev–Trinajstić information content (AvgIpc) is 2.95. The molecular formula is C33H50N4O4. The molecule has 0 aliphatic carbocycles. The summed E-state index contributed by atoms with van der Waals surface area (Å²) in [6.45, 7) is 6.51. The summed E-state index contributed by atoms with van der Waals surface area (Å²) in [6.07, 6.45) is 15.6. The lowest BCUT2D eigenvalue weighted by Crippen LogP contribution is -2.55. The Bertz CT molecular complexity index is 1020. The van der Waals surface area contributed by atoms with Gasteiger partial charge in [-0.25, -0.2) is 0 Å². The van der Waals surface area contributed by atoms with Gasteiger partial charge in [-0.15, -0.1) is 0 Å². The fraction of sp³-hybridized carbons (Fsp3) is 0.576. The highest BCUT2D eigenvalue weighted by Crippen LogP contribution is 2.14. The molecule has 8 nitrogen and oxygen atoms in total. The van der Waals surface area contributed by atoms with Gasteiger partial charge in [0.15, 0.2) is 0 Å². The van der Waals surface area contributed by atoms with Crippen molar-refractivity contribution >= 4 is 23.6 Å².